The minimum atomic E-state index is -3.80. The summed E-state index contributed by atoms with van der Waals surface area (Å²) in [7, 11) is -3.80. The zero-order valence-corrected chi connectivity index (χ0v) is 27.3. The first-order valence-corrected chi connectivity index (χ1v) is 17.3. The van der Waals surface area contributed by atoms with Gasteiger partial charge in [-0.25, -0.2) is 17.8 Å². The van der Waals surface area contributed by atoms with E-state index >= 15 is 0 Å². The highest BCUT2D eigenvalue weighted by Gasteiger charge is 2.54. The number of hydrogen-bond donors (Lipinski definition) is 2. The highest BCUT2D eigenvalue weighted by Crippen LogP contribution is 2.45. The number of carbonyl (C=O) groups is 1. The van der Waals surface area contributed by atoms with Gasteiger partial charge in [0.15, 0.2) is 21.5 Å². The monoisotopic (exact) mass is 708 g/mol. The van der Waals surface area contributed by atoms with E-state index in [0.717, 1.165) is 0 Å². The lowest BCUT2D eigenvalue weighted by Gasteiger charge is -2.31. The molecular formula is C35H34BrFN2O6S. The van der Waals surface area contributed by atoms with Gasteiger partial charge in [-0.1, -0.05) is 70.5 Å². The lowest BCUT2D eigenvalue weighted by atomic mass is 9.85. The summed E-state index contributed by atoms with van der Waals surface area (Å²) < 4.78 is 54.1. The van der Waals surface area contributed by atoms with Crippen LogP contribution in [-0.4, -0.2) is 56.4 Å². The molecule has 0 aromatic heterocycles. The van der Waals surface area contributed by atoms with Gasteiger partial charge in [0.2, 0.25) is 5.90 Å². The van der Waals surface area contributed by atoms with Crippen molar-refractivity contribution in [1.29, 1.82) is 0 Å². The van der Waals surface area contributed by atoms with Crippen LogP contribution < -0.4 is 10.1 Å². The van der Waals surface area contributed by atoms with Crippen molar-refractivity contribution in [3.8, 4) is 5.75 Å². The maximum absolute atomic E-state index is 14.3. The number of aliphatic hydroxyl groups excluding tert-OH is 1. The van der Waals surface area contributed by atoms with Crippen molar-refractivity contribution in [3.05, 3.63) is 130 Å². The topological polar surface area (TPSA) is 114 Å². The van der Waals surface area contributed by atoms with Crippen LogP contribution in [0.25, 0.3) is 0 Å². The Hall–Kier alpha value is -4.06. The van der Waals surface area contributed by atoms with Gasteiger partial charge in [0.05, 0.1) is 17.3 Å². The van der Waals surface area contributed by atoms with Gasteiger partial charge in [-0.15, -0.1) is 0 Å². The Labute approximate surface area is 276 Å². The van der Waals surface area contributed by atoms with Gasteiger partial charge < -0.3 is 19.9 Å². The molecule has 4 aromatic rings. The lowest BCUT2D eigenvalue weighted by molar-refractivity contribution is -0.129. The van der Waals surface area contributed by atoms with Crippen molar-refractivity contribution < 1.29 is 32.2 Å². The zero-order valence-electron chi connectivity index (χ0n) is 24.9. The van der Waals surface area contributed by atoms with Crippen LogP contribution >= 0.6 is 15.9 Å². The number of nitrogens with zero attached hydrogens (tertiary/aromatic N) is 1. The minimum Gasteiger partial charge on any atom is -0.494 e. The first-order valence-electron chi connectivity index (χ1n) is 14.9. The fraction of sp³-hybridized carbons (Fsp3) is 0.257. The Kier molecular flexibility index (Phi) is 10.9. The molecule has 0 aliphatic carbocycles. The zero-order chi connectivity index (χ0) is 32.6. The second kappa shape index (κ2) is 15.0. The molecule has 46 heavy (non-hydrogen) atoms. The molecule has 8 nitrogen and oxygen atoms in total. The van der Waals surface area contributed by atoms with E-state index in [1.807, 2.05) is 18.2 Å². The minimum absolute atomic E-state index is 0.0175. The summed E-state index contributed by atoms with van der Waals surface area (Å²) in [6.07, 6.45) is -0.455. The summed E-state index contributed by atoms with van der Waals surface area (Å²) in [5.74, 6) is -0.531. The van der Waals surface area contributed by atoms with Crippen LogP contribution in [0.3, 0.4) is 0 Å². The molecule has 11 heteroatoms. The molecule has 1 amide bonds. The van der Waals surface area contributed by atoms with E-state index in [-0.39, 0.29) is 48.4 Å². The number of carbonyl (C=O) groups excluding carboxylic acids is 1. The van der Waals surface area contributed by atoms with Crippen LogP contribution in [0.4, 0.5) is 4.39 Å². The van der Waals surface area contributed by atoms with Crippen molar-refractivity contribution in [2.45, 2.75) is 35.8 Å². The second-order valence-corrected chi connectivity index (χ2v) is 13.8. The maximum Gasteiger partial charge on any atom is 0.252 e. The Balaban J connectivity index is 1.53. The van der Waals surface area contributed by atoms with E-state index in [4.69, 9.17) is 19.6 Å². The molecule has 0 bridgehead atoms. The third kappa shape index (κ3) is 7.66. The van der Waals surface area contributed by atoms with Gasteiger partial charge in [-0.2, -0.15) is 0 Å². The van der Waals surface area contributed by atoms with Gasteiger partial charge in [-0.05, 0) is 60.5 Å². The summed E-state index contributed by atoms with van der Waals surface area (Å²) in [6.45, 7) is 0.466. The predicted octanol–water partition coefficient (Wildman–Crippen LogP) is 5.83. The molecule has 2 atom stereocenters. The van der Waals surface area contributed by atoms with E-state index in [2.05, 4.69) is 21.2 Å². The van der Waals surface area contributed by atoms with Crippen molar-refractivity contribution in [1.82, 2.24) is 5.32 Å². The number of ether oxygens (including phenoxy) is 2. The molecule has 0 spiro atoms. The quantitative estimate of drug-likeness (QED) is 0.160. The summed E-state index contributed by atoms with van der Waals surface area (Å²) in [4.78, 5) is 19.4. The molecule has 5 rings (SSSR count). The highest BCUT2D eigenvalue weighted by molar-refractivity contribution is 9.10. The number of sulfone groups is 1. The number of halogens is 2. The largest absolute Gasteiger partial charge is 0.494 e. The predicted molar refractivity (Wildman–Crippen MR) is 177 cm³/mol. The number of benzene rings is 4. The van der Waals surface area contributed by atoms with Crippen LogP contribution in [-0.2, 0) is 25.8 Å². The molecule has 240 valence electrons. The van der Waals surface area contributed by atoms with Gasteiger partial charge in [0.1, 0.15) is 11.6 Å². The molecule has 0 radical (unpaired) electrons. The van der Waals surface area contributed by atoms with E-state index in [0.29, 0.717) is 39.9 Å². The van der Waals surface area contributed by atoms with E-state index < -0.39 is 27.4 Å². The molecule has 1 heterocycles. The second-order valence-electron chi connectivity index (χ2n) is 10.8. The first-order chi connectivity index (χ1) is 22.2. The number of hydrogen-bond acceptors (Lipinski definition) is 7. The summed E-state index contributed by atoms with van der Waals surface area (Å²) in [5.41, 5.74) is -0.0591. The maximum atomic E-state index is 14.3. The Morgan fingerprint density at radius 1 is 0.978 bits per heavy atom. The molecular weight excluding hydrogens is 675 g/mol. The van der Waals surface area contributed by atoms with Crippen LogP contribution in [0.2, 0.25) is 0 Å². The fourth-order valence-electron chi connectivity index (χ4n) is 5.24. The summed E-state index contributed by atoms with van der Waals surface area (Å²) in [6, 6.07) is 28.6. The van der Waals surface area contributed by atoms with Crippen LogP contribution in [0.1, 0.15) is 35.6 Å². The van der Waals surface area contributed by atoms with E-state index in [1.54, 1.807) is 66.7 Å². The van der Waals surface area contributed by atoms with Gasteiger partial charge >= 0.3 is 0 Å². The molecule has 1 aliphatic rings. The third-order valence-corrected chi connectivity index (χ3v) is 10.2. The molecule has 0 fully saturated rings. The molecule has 0 saturated heterocycles. The van der Waals surface area contributed by atoms with Gasteiger partial charge in [-0.3, -0.25) is 4.79 Å². The summed E-state index contributed by atoms with van der Waals surface area (Å²) >= 11 is 3.58. The average Bonchev–Trinajstić information content (AvgIpc) is 3.46. The highest BCUT2D eigenvalue weighted by atomic mass is 79.9. The average molecular weight is 710 g/mol. The Morgan fingerprint density at radius 3 is 2.39 bits per heavy atom. The number of rotatable bonds is 14. The third-order valence-electron chi connectivity index (χ3n) is 7.71. The van der Waals surface area contributed by atoms with Crippen LogP contribution in [0.5, 0.6) is 5.75 Å². The molecule has 0 unspecified atom stereocenters. The number of aliphatic hydroxyl groups is 1. The van der Waals surface area contributed by atoms with Crippen molar-refractivity contribution in [2.75, 3.05) is 25.5 Å². The smallest absolute Gasteiger partial charge is 0.252 e. The summed E-state index contributed by atoms with van der Waals surface area (Å²) in [5, 5.41) is 11.9. The van der Waals surface area contributed by atoms with Crippen LogP contribution in [0.15, 0.2) is 117 Å². The van der Waals surface area contributed by atoms with E-state index in [1.165, 1.54) is 18.2 Å². The normalized spacial score (nSPS) is 17.6. The van der Waals surface area contributed by atoms with Crippen molar-refractivity contribution in [3.63, 3.8) is 0 Å². The Bertz CT molecular complexity index is 1790. The van der Waals surface area contributed by atoms with Gasteiger partial charge in [0.25, 0.3) is 5.91 Å². The van der Waals surface area contributed by atoms with Crippen LogP contribution in [0, 0.1) is 5.82 Å². The number of nitrogens with one attached hydrogen (secondary N) is 1. The Morgan fingerprint density at radius 2 is 1.67 bits per heavy atom. The molecule has 1 aliphatic heterocycles. The van der Waals surface area contributed by atoms with E-state index in [9.17, 15) is 17.6 Å². The molecule has 2 N–H and O–H groups in total. The molecule has 0 saturated carbocycles. The lowest BCUT2D eigenvalue weighted by Crippen LogP contribution is -2.50. The van der Waals surface area contributed by atoms with Crippen molar-refractivity contribution in [2.24, 2.45) is 4.99 Å². The first kappa shape index (κ1) is 33.3. The number of aliphatic imine (C=N–C) groups is 1. The SMILES string of the molecule is O=C(NCCc1ccccc1F)[C@]1(CCS(=O)(=O)c2ccccc2)N=C(c2ccc(OCCCO)cc2)O[C@@H]1c1ccccc1Br. The van der Waals surface area contributed by atoms with Gasteiger partial charge in [0, 0.05) is 41.6 Å². The fourth-order valence-corrected chi connectivity index (χ4v) is 7.12. The van der Waals surface area contributed by atoms with Crippen molar-refractivity contribution >= 4 is 37.6 Å². The number of amides is 1. The molecule has 4 aromatic carbocycles. The standard InChI is InChI=1S/C35H34BrFN2O6S/c36-30-13-6-5-12-29(30)32-35(20-24-46(42,43)28-10-2-1-3-11-28,34(41)38-21-19-25-9-4-7-14-31(25)37)39-33(45-32)26-15-17-27(18-16-26)44-23-8-22-40/h1-7,9-18,32,40H,8,19-24H2,(H,38,41)/t32-,35-/m1/s1.